The molecule has 0 radical (unpaired) electrons. The maximum absolute atomic E-state index is 11.1. The quantitative estimate of drug-likeness (QED) is 0.208. The standard InChI is InChI=1S/C17H31NO5/c1-4-5-6-7-8-9-10-18(13-19,11-14(2)16(20)21)12-15(3)17(22)23/h6-7,14-15,19H,4-5,8-13H2,1-3H3,(H-,20,21,22,23)/p+1/b7-6+. The van der Waals surface area contributed by atoms with Gasteiger partial charge in [-0.15, -0.1) is 0 Å². The fourth-order valence-electron chi connectivity index (χ4n) is 2.71. The average Bonchev–Trinajstić information content (AvgIpc) is 2.50. The zero-order valence-electron chi connectivity index (χ0n) is 14.6. The molecule has 0 aromatic rings. The smallest absolute Gasteiger partial charge is 0.311 e. The first-order valence-electron chi connectivity index (χ1n) is 8.34. The van der Waals surface area contributed by atoms with Crippen LogP contribution in [0, 0.1) is 11.8 Å². The summed E-state index contributed by atoms with van der Waals surface area (Å²) < 4.78 is 0.114. The van der Waals surface area contributed by atoms with Crippen molar-refractivity contribution in [1.29, 1.82) is 0 Å². The van der Waals surface area contributed by atoms with E-state index in [0.717, 1.165) is 25.7 Å². The number of allylic oxidation sites excluding steroid dienone is 2. The van der Waals surface area contributed by atoms with Gasteiger partial charge in [0.25, 0.3) is 0 Å². The molecule has 6 nitrogen and oxygen atoms in total. The number of carbonyl (C=O) groups is 2. The first-order valence-corrected chi connectivity index (χ1v) is 8.34. The normalized spacial score (nSPS) is 16.9. The van der Waals surface area contributed by atoms with Gasteiger partial charge in [-0.25, -0.2) is 0 Å². The fraction of sp³-hybridized carbons (Fsp3) is 0.765. The molecule has 0 fully saturated rings. The molecule has 134 valence electrons. The number of quaternary nitrogens is 1. The zero-order chi connectivity index (χ0) is 17.9. The van der Waals surface area contributed by atoms with Crippen LogP contribution in [0.15, 0.2) is 12.2 Å². The van der Waals surface area contributed by atoms with Crippen LogP contribution in [-0.4, -0.2) is 58.1 Å². The predicted molar refractivity (Wildman–Crippen MR) is 88.8 cm³/mol. The van der Waals surface area contributed by atoms with E-state index in [1.165, 1.54) is 0 Å². The summed E-state index contributed by atoms with van der Waals surface area (Å²) in [5, 5.41) is 28.1. The molecule has 23 heavy (non-hydrogen) atoms. The lowest BCUT2D eigenvalue weighted by molar-refractivity contribution is -0.949. The second kappa shape index (κ2) is 11.2. The molecular weight excluding hydrogens is 298 g/mol. The summed E-state index contributed by atoms with van der Waals surface area (Å²) >= 11 is 0. The second-order valence-electron chi connectivity index (χ2n) is 6.45. The largest absolute Gasteiger partial charge is 0.481 e. The maximum Gasteiger partial charge on any atom is 0.311 e. The number of carboxylic acids is 2. The van der Waals surface area contributed by atoms with Gasteiger partial charge in [-0.2, -0.15) is 0 Å². The lowest BCUT2D eigenvalue weighted by atomic mass is 10.1. The Labute approximate surface area is 139 Å². The SMILES string of the molecule is CCC/C=C/CCC[N+](CO)(CC(C)C(=O)O)CC(C)C(=O)O. The van der Waals surface area contributed by atoms with Crippen molar-refractivity contribution in [3.63, 3.8) is 0 Å². The van der Waals surface area contributed by atoms with E-state index < -0.39 is 23.8 Å². The van der Waals surface area contributed by atoms with Crippen LogP contribution in [0.3, 0.4) is 0 Å². The molecule has 3 N–H and O–H groups in total. The van der Waals surface area contributed by atoms with E-state index in [1.54, 1.807) is 13.8 Å². The van der Waals surface area contributed by atoms with Crippen LogP contribution in [-0.2, 0) is 9.59 Å². The third-order valence-corrected chi connectivity index (χ3v) is 4.09. The van der Waals surface area contributed by atoms with Crippen molar-refractivity contribution in [1.82, 2.24) is 0 Å². The minimum absolute atomic E-state index is 0.114. The van der Waals surface area contributed by atoms with Crippen molar-refractivity contribution in [3.8, 4) is 0 Å². The topological polar surface area (TPSA) is 94.8 Å². The molecule has 0 aromatic heterocycles. The number of carboxylic acid groups (broad SMARTS) is 2. The molecule has 0 saturated carbocycles. The molecule has 0 aliphatic carbocycles. The highest BCUT2D eigenvalue weighted by molar-refractivity contribution is 5.70. The molecule has 0 spiro atoms. The molecule has 0 amide bonds. The molecule has 2 atom stereocenters. The summed E-state index contributed by atoms with van der Waals surface area (Å²) in [7, 11) is 0. The highest BCUT2D eigenvalue weighted by Crippen LogP contribution is 2.17. The Morgan fingerprint density at radius 2 is 1.48 bits per heavy atom. The Kier molecular flexibility index (Phi) is 10.5. The third-order valence-electron chi connectivity index (χ3n) is 4.09. The number of hydrogen-bond donors (Lipinski definition) is 3. The Balaban J connectivity index is 4.87. The van der Waals surface area contributed by atoms with Crippen molar-refractivity contribution in [2.45, 2.75) is 46.5 Å². The van der Waals surface area contributed by atoms with Crippen LogP contribution in [0.1, 0.15) is 46.5 Å². The van der Waals surface area contributed by atoms with Crippen molar-refractivity contribution in [3.05, 3.63) is 12.2 Å². The van der Waals surface area contributed by atoms with Gasteiger partial charge in [0.1, 0.15) is 11.8 Å². The van der Waals surface area contributed by atoms with E-state index in [4.69, 9.17) is 10.2 Å². The van der Waals surface area contributed by atoms with E-state index in [0.29, 0.717) is 6.54 Å². The molecular formula is C17H32NO5+. The van der Waals surface area contributed by atoms with Gasteiger partial charge in [0.15, 0.2) is 6.73 Å². The van der Waals surface area contributed by atoms with Crippen molar-refractivity contribution in [2.75, 3.05) is 26.4 Å². The van der Waals surface area contributed by atoms with Crippen LogP contribution in [0.25, 0.3) is 0 Å². The van der Waals surface area contributed by atoms with Crippen molar-refractivity contribution >= 4 is 11.9 Å². The number of hydrogen-bond acceptors (Lipinski definition) is 3. The first kappa shape index (κ1) is 21.6. The Morgan fingerprint density at radius 3 is 1.87 bits per heavy atom. The Morgan fingerprint density at radius 1 is 1.00 bits per heavy atom. The third kappa shape index (κ3) is 8.71. The summed E-state index contributed by atoms with van der Waals surface area (Å²) in [6.45, 7) is 6.11. The van der Waals surface area contributed by atoms with E-state index in [-0.39, 0.29) is 24.3 Å². The number of nitrogens with zero attached hydrogens (tertiary/aromatic N) is 1. The van der Waals surface area contributed by atoms with E-state index in [2.05, 4.69) is 19.1 Å². The molecule has 0 heterocycles. The summed E-state index contributed by atoms with van der Waals surface area (Å²) in [6.07, 6.45) is 7.98. The number of unbranched alkanes of at least 4 members (excludes halogenated alkanes) is 2. The van der Waals surface area contributed by atoms with Crippen LogP contribution in [0.5, 0.6) is 0 Å². The zero-order valence-corrected chi connectivity index (χ0v) is 14.6. The van der Waals surface area contributed by atoms with Crippen LogP contribution in [0.4, 0.5) is 0 Å². The minimum atomic E-state index is -0.924. The molecule has 0 rings (SSSR count). The van der Waals surface area contributed by atoms with Gasteiger partial charge in [-0.1, -0.05) is 25.5 Å². The van der Waals surface area contributed by atoms with Crippen molar-refractivity contribution < 1.29 is 29.4 Å². The molecule has 2 unspecified atom stereocenters. The van der Waals surface area contributed by atoms with Gasteiger partial charge in [-0.3, -0.25) is 14.1 Å². The van der Waals surface area contributed by atoms with E-state index in [1.807, 2.05) is 0 Å². The number of aliphatic hydroxyl groups excluding tert-OH is 1. The average molecular weight is 330 g/mol. The van der Waals surface area contributed by atoms with Gasteiger partial charge in [0, 0.05) is 6.42 Å². The Hall–Kier alpha value is -1.40. The van der Waals surface area contributed by atoms with Crippen LogP contribution < -0.4 is 0 Å². The van der Waals surface area contributed by atoms with Crippen molar-refractivity contribution in [2.24, 2.45) is 11.8 Å². The lowest BCUT2D eigenvalue weighted by Crippen LogP contribution is -2.55. The highest BCUT2D eigenvalue weighted by Gasteiger charge is 2.34. The summed E-state index contributed by atoms with van der Waals surface area (Å²) in [4.78, 5) is 22.3. The lowest BCUT2D eigenvalue weighted by Gasteiger charge is -2.39. The number of aliphatic hydroxyl groups is 1. The van der Waals surface area contributed by atoms with Gasteiger partial charge in [-0.05, 0) is 26.7 Å². The van der Waals surface area contributed by atoms with E-state index in [9.17, 15) is 14.7 Å². The first-order chi connectivity index (χ1) is 10.8. The number of aliphatic carboxylic acids is 2. The monoisotopic (exact) mass is 330 g/mol. The van der Waals surface area contributed by atoms with E-state index >= 15 is 0 Å². The minimum Gasteiger partial charge on any atom is -0.481 e. The summed E-state index contributed by atoms with van der Waals surface area (Å²) in [6, 6.07) is 0. The number of rotatable bonds is 13. The summed E-state index contributed by atoms with van der Waals surface area (Å²) in [5.74, 6) is -3.10. The second-order valence-corrected chi connectivity index (χ2v) is 6.45. The van der Waals surface area contributed by atoms with Gasteiger partial charge >= 0.3 is 11.9 Å². The highest BCUT2D eigenvalue weighted by atomic mass is 16.4. The van der Waals surface area contributed by atoms with Crippen LogP contribution in [0.2, 0.25) is 0 Å². The fourth-order valence-corrected chi connectivity index (χ4v) is 2.71. The molecule has 6 heteroatoms. The molecule has 0 aliphatic rings. The van der Waals surface area contributed by atoms with Crippen LogP contribution >= 0.6 is 0 Å². The van der Waals surface area contributed by atoms with Gasteiger partial charge in [0.2, 0.25) is 0 Å². The maximum atomic E-state index is 11.1. The Bertz CT molecular complexity index is 372. The van der Waals surface area contributed by atoms with Gasteiger partial charge in [0.05, 0.1) is 19.6 Å². The molecule has 0 bridgehead atoms. The predicted octanol–water partition coefficient (Wildman–Crippen LogP) is 2.33. The van der Waals surface area contributed by atoms with Gasteiger partial charge < -0.3 is 15.3 Å². The summed E-state index contributed by atoms with van der Waals surface area (Å²) in [5.41, 5.74) is 0. The molecule has 0 aliphatic heterocycles. The molecule has 0 saturated heterocycles. The molecule has 0 aromatic carbocycles.